The summed E-state index contributed by atoms with van der Waals surface area (Å²) in [6, 6.07) is 6.38. The number of hydrogen-bond acceptors (Lipinski definition) is 1. The van der Waals surface area contributed by atoms with Crippen molar-refractivity contribution in [1.82, 2.24) is 0 Å². The Morgan fingerprint density at radius 3 is 3.00 bits per heavy atom. The Labute approximate surface area is 87.2 Å². The number of ether oxygens (including phenoxy) is 1. The van der Waals surface area contributed by atoms with E-state index >= 15 is 0 Å². The summed E-state index contributed by atoms with van der Waals surface area (Å²) in [5.74, 6) is 0. The summed E-state index contributed by atoms with van der Waals surface area (Å²) in [5.41, 5.74) is 2.80. The number of epoxide rings is 1. The monoisotopic (exact) mass is 240 g/mol. The fraction of sp³-hybridized carbons (Fsp3) is 0.455. The van der Waals surface area contributed by atoms with E-state index in [1.54, 1.807) is 0 Å². The van der Waals surface area contributed by atoms with Crippen molar-refractivity contribution in [3.05, 3.63) is 33.8 Å². The van der Waals surface area contributed by atoms with Crippen LogP contribution in [0.5, 0.6) is 0 Å². The van der Waals surface area contributed by atoms with Crippen LogP contribution in [0.2, 0.25) is 0 Å². The predicted molar refractivity (Wildman–Crippen MR) is 56.9 cm³/mol. The minimum absolute atomic E-state index is 0.540. The Morgan fingerprint density at radius 2 is 2.31 bits per heavy atom. The van der Waals surface area contributed by atoms with Crippen LogP contribution >= 0.6 is 15.9 Å². The van der Waals surface area contributed by atoms with Gasteiger partial charge in [-0.15, -0.1) is 0 Å². The summed E-state index contributed by atoms with van der Waals surface area (Å²) in [6.07, 6.45) is 2.84. The average molecular weight is 241 g/mol. The first-order valence-corrected chi connectivity index (χ1v) is 5.42. The van der Waals surface area contributed by atoms with Gasteiger partial charge >= 0.3 is 0 Å². The summed E-state index contributed by atoms with van der Waals surface area (Å²) in [5, 5.41) is 0. The summed E-state index contributed by atoms with van der Waals surface area (Å²) in [7, 11) is 0. The molecule has 1 aliphatic rings. The number of hydrogen-bond donors (Lipinski definition) is 0. The van der Waals surface area contributed by atoms with Gasteiger partial charge in [-0.3, -0.25) is 0 Å². The molecule has 1 aromatic carbocycles. The maximum Gasteiger partial charge on any atom is 0.0813 e. The van der Waals surface area contributed by atoms with Crippen LogP contribution < -0.4 is 0 Å². The Balaban J connectivity index is 2.05. The van der Waals surface area contributed by atoms with E-state index in [0.717, 1.165) is 19.4 Å². The number of halogens is 1. The largest absolute Gasteiger partial charge is 0.373 e. The topological polar surface area (TPSA) is 12.5 Å². The van der Waals surface area contributed by atoms with Crippen molar-refractivity contribution in [2.75, 3.05) is 6.61 Å². The van der Waals surface area contributed by atoms with Gasteiger partial charge in [0.15, 0.2) is 0 Å². The van der Waals surface area contributed by atoms with Crippen LogP contribution in [0.3, 0.4) is 0 Å². The van der Waals surface area contributed by atoms with E-state index in [4.69, 9.17) is 4.74 Å². The maximum atomic E-state index is 5.19. The van der Waals surface area contributed by atoms with Gasteiger partial charge in [0.25, 0.3) is 0 Å². The molecular weight excluding hydrogens is 228 g/mol. The van der Waals surface area contributed by atoms with Gasteiger partial charge in [0.1, 0.15) is 0 Å². The van der Waals surface area contributed by atoms with Crippen LogP contribution in [0.1, 0.15) is 17.5 Å². The van der Waals surface area contributed by atoms with Crippen molar-refractivity contribution < 1.29 is 4.74 Å². The van der Waals surface area contributed by atoms with Crippen molar-refractivity contribution in [1.29, 1.82) is 0 Å². The van der Waals surface area contributed by atoms with E-state index in [0.29, 0.717) is 6.10 Å². The lowest BCUT2D eigenvalue weighted by molar-refractivity contribution is 0.396. The molecule has 2 rings (SSSR count). The van der Waals surface area contributed by atoms with Crippen molar-refractivity contribution in [3.8, 4) is 0 Å². The van der Waals surface area contributed by atoms with E-state index in [1.807, 2.05) is 0 Å². The van der Waals surface area contributed by atoms with Crippen LogP contribution in [0.15, 0.2) is 22.7 Å². The van der Waals surface area contributed by atoms with Gasteiger partial charge in [0.05, 0.1) is 12.7 Å². The molecule has 70 valence electrons. The molecule has 13 heavy (non-hydrogen) atoms. The van der Waals surface area contributed by atoms with Crippen LogP contribution in [0.25, 0.3) is 0 Å². The molecule has 1 fully saturated rings. The van der Waals surface area contributed by atoms with Gasteiger partial charge in [0.2, 0.25) is 0 Å². The minimum Gasteiger partial charge on any atom is -0.373 e. The molecule has 1 heterocycles. The molecule has 2 heteroatoms. The first kappa shape index (κ1) is 9.22. The molecular formula is C11H13BrO. The molecule has 0 bridgehead atoms. The third-order valence-corrected chi connectivity index (χ3v) is 3.38. The Bertz CT molecular complexity index is 305. The zero-order valence-electron chi connectivity index (χ0n) is 7.72. The van der Waals surface area contributed by atoms with Crippen LogP contribution in [0.4, 0.5) is 0 Å². The molecule has 1 atom stereocenters. The molecule has 1 nitrogen and oxygen atoms in total. The van der Waals surface area contributed by atoms with E-state index in [-0.39, 0.29) is 0 Å². The summed E-state index contributed by atoms with van der Waals surface area (Å²) in [4.78, 5) is 0. The highest BCUT2D eigenvalue weighted by Crippen LogP contribution is 2.23. The quantitative estimate of drug-likeness (QED) is 0.741. The molecule has 1 aliphatic heterocycles. The van der Waals surface area contributed by atoms with Gasteiger partial charge in [-0.1, -0.05) is 28.1 Å². The van der Waals surface area contributed by atoms with Crippen molar-refractivity contribution >= 4 is 15.9 Å². The van der Waals surface area contributed by atoms with Crippen molar-refractivity contribution in [2.45, 2.75) is 25.9 Å². The lowest BCUT2D eigenvalue weighted by Crippen LogP contribution is -1.94. The fourth-order valence-corrected chi connectivity index (χ4v) is 1.88. The van der Waals surface area contributed by atoms with Gasteiger partial charge < -0.3 is 4.74 Å². The third kappa shape index (κ3) is 2.32. The lowest BCUT2D eigenvalue weighted by atomic mass is 10.0. The highest BCUT2D eigenvalue weighted by molar-refractivity contribution is 9.10. The summed E-state index contributed by atoms with van der Waals surface area (Å²) in [6.45, 7) is 3.13. The minimum atomic E-state index is 0.540. The highest BCUT2D eigenvalue weighted by Gasteiger charge is 2.21. The van der Waals surface area contributed by atoms with E-state index in [9.17, 15) is 0 Å². The lowest BCUT2D eigenvalue weighted by Gasteiger charge is -2.05. The van der Waals surface area contributed by atoms with Gasteiger partial charge in [0, 0.05) is 4.47 Å². The van der Waals surface area contributed by atoms with Crippen LogP contribution in [-0.2, 0) is 11.2 Å². The van der Waals surface area contributed by atoms with E-state index in [1.165, 1.54) is 15.6 Å². The molecule has 0 aliphatic carbocycles. The number of benzene rings is 1. The van der Waals surface area contributed by atoms with Gasteiger partial charge in [-0.05, 0) is 37.0 Å². The zero-order chi connectivity index (χ0) is 9.26. The predicted octanol–water partition coefficient (Wildman–Crippen LogP) is 3.09. The summed E-state index contributed by atoms with van der Waals surface area (Å²) >= 11 is 3.54. The van der Waals surface area contributed by atoms with E-state index in [2.05, 4.69) is 41.1 Å². The second-order valence-electron chi connectivity index (χ2n) is 3.52. The highest BCUT2D eigenvalue weighted by atomic mass is 79.9. The molecule has 1 unspecified atom stereocenters. The first-order valence-electron chi connectivity index (χ1n) is 4.63. The van der Waals surface area contributed by atoms with Crippen LogP contribution in [0, 0.1) is 6.92 Å². The average Bonchev–Trinajstić information content (AvgIpc) is 2.91. The fourth-order valence-electron chi connectivity index (χ4n) is 1.47. The summed E-state index contributed by atoms with van der Waals surface area (Å²) < 4.78 is 6.40. The zero-order valence-corrected chi connectivity index (χ0v) is 9.30. The molecule has 0 amide bonds. The second kappa shape index (κ2) is 3.81. The standard InChI is InChI=1S/C11H13BrO/c1-8-9(3-2-4-11(8)12)5-6-10-7-13-10/h2-4,10H,5-7H2,1H3. The molecule has 0 aromatic heterocycles. The third-order valence-electron chi connectivity index (χ3n) is 2.52. The Kier molecular flexibility index (Phi) is 2.70. The molecule has 0 N–H and O–H groups in total. The molecule has 1 saturated heterocycles. The smallest absolute Gasteiger partial charge is 0.0813 e. The van der Waals surface area contributed by atoms with Gasteiger partial charge in [-0.25, -0.2) is 0 Å². The van der Waals surface area contributed by atoms with Crippen molar-refractivity contribution in [2.24, 2.45) is 0 Å². The number of rotatable bonds is 3. The maximum absolute atomic E-state index is 5.19. The molecule has 0 saturated carbocycles. The van der Waals surface area contributed by atoms with E-state index < -0.39 is 0 Å². The second-order valence-corrected chi connectivity index (χ2v) is 4.37. The van der Waals surface area contributed by atoms with Crippen LogP contribution in [-0.4, -0.2) is 12.7 Å². The SMILES string of the molecule is Cc1c(Br)cccc1CCC1CO1. The normalized spacial score (nSPS) is 20.3. The first-order chi connectivity index (χ1) is 6.27. The Morgan fingerprint density at radius 1 is 1.54 bits per heavy atom. The number of aryl methyl sites for hydroxylation is 1. The molecule has 0 spiro atoms. The molecule has 0 radical (unpaired) electrons. The van der Waals surface area contributed by atoms with Gasteiger partial charge in [-0.2, -0.15) is 0 Å². The molecule has 1 aromatic rings. The Hall–Kier alpha value is -0.340. The van der Waals surface area contributed by atoms with Crippen molar-refractivity contribution in [3.63, 3.8) is 0 Å².